The van der Waals surface area contributed by atoms with E-state index in [1.807, 2.05) is 18.2 Å². The van der Waals surface area contributed by atoms with Crippen molar-refractivity contribution in [3.8, 4) is 5.75 Å². The molecule has 0 bridgehead atoms. The van der Waals surface area contributed by atoms with Gasteiger partial charge in [0.15, 0.2) is 6.61 Å². The Hall–Kier alpha value is -1.12. The van der Waals surface area contributed by atoms with E-state index in [1.54, 1.807) is 11.3 Å². The summed E-state index contributed by atoms with van der Waals surface area (Å²) in [6.07, 6.45) is 0. The zero-order valence-corrected chi connectivity index (χ0v) is 14.5. The van der Waals surface area contributed by atoms with Gasteiger partial charge in [0.1, 0.15) is 5.75 Å². The number of carbonyl (C=O) groups excluding carboxylic acids is 1. The van der Waals surface area contributed by atoms with Crippen LogP contribution in [0.15, 0.2) is 29.6 Å². The van der Waals surface area contributed by atoms with Crippen LogP contribution < -0.4 is 15.4 Å². The maximum atomic E-state index is 11.5. The summed E-state index contributed by atoms with van der Waals surface area (Å²) in [6, 6.07) is 8.27. The van der Waals surface area contributed by atoms with Crippen molar-refractivity contribution in [1.82, 2.24) is 5.32 Å². The third kappa shape index (κ3) is 3.22. The molecule has 2 N–H and O–H groups in total. The number of thiophene rings is 1. The summed E-state index contributed by atoms with van der Waals surface area (Å²) in [5.41, 5.74) is 3.11. The van der Waals surface area contributed by atoms with Gasteiger partial charge in [0.25, 0.3) is 5.91 Å². The molecule has 2 aromatic rings. The number of halogens is 1. The van der Waals surface area contributed by atoms with Crippen LogP contribution in [0.2, 0.25) is 0 Å². The lowest BCUT2D eigenvalue weighted by atomic mass is 10.00. The first-order valence-corrected chi connectivity index (χ1v) is 8.67. The van der Waals surface area contributed by atoms with Crippen molar-refractivity contribution in [3.05, 3.63) is 43.7 Å². The quantitative estimate of drug-likeness (QED) is 0.755. The van der Waals surface area contributed by atoms with Crippen LogP contribution in [0.5, 0.6) is 5.75 Å². The first kappa shape index (κ1) is 14.8. The molecule has 0 radical (unpaired) electrons. The monoisotopic (exact) mass is 414 g/mol. The van der Waals surface area contributed by atoms with E-state index in [4.69, 9.17) is 4.74 Å². The molecule has 1 aromatic carbocycles. The molecule has 1 unspecified atom stereocenters. The first-order valence-electron chi connectivity index (χ1n) is 6.71. The topological polar surface area (TPSA) is 50.4 Å². The minimum absolute atomic E-state index is 0.0890. The molecule has 6 heteroatoms. The van der Waals surface area contributed by atoms with Crippen LogP contribution in [0.3, 0.4) is 0 Å². The molecule has 0 fully saturated rings. The Labute approximate surface area is 141 Å². The molecule has 1 aliphatic heterocycles. The van der Waals surface area contributed by atoms with Crippen molar-refractivity contribution >= 4 is 45.5 Å². The second-order valence-corrected chi connectivity index (χ2v) is 7.57. The summed E-state index contributed by atoms with van der Waals surface area (Å²) in [6.45, 7) is 3.05. The lowest BCUT2D eigenvalue weighted by Crippen LogP contribution is -2.26. The first-order chi connectivity index (χ1) is 10.2. The molecule has 0 aliphatic carbocycles. The van der Waals surface area contributed by atoms with Gasteiger partial charge in [-0.2, -0.15) is 0 Å². The van der Waals surface area contributed by atoms with Gasteiger partial charge in [0.2, 0.25) is 0 Å². The molecule has 1 aromatic heterocycles. The van der Waals surface area contributed by atoms with E-state index in [1.165, 1.54) is 8.45 Å². The minimum Gasteiger partial charge on any atom is -0.482 e. The molecule has 0 saturated carbocycles. The van der Waals surface area contributed by atoms with Crippen LogP contribution in [-0.4, -0.2) is 19.1 Å². The summed E-state index contributed by atoms with van der Waals surface area (Å²) in [5.74, 6) is 0.623. The van der Waals surface area contributed by atoms with Gasteiger partial charge < -0.3 is 15.4 Å². The number of nitrogens with one attached hydrogen (secondary N) is 2. The van der Waals surface area contributed by atoms with Gasteiger partial charge in [-0.15, -0.1) is 11.3 Å². The van der Waals surface area contributed by atoms with E-state index in [0.29, 0.717) is 0 Å². The van der Waals surface area contributed by atoms with Crippen molar-refractivity contribution in [2.24, 2.45) is 0 Å². The number of hydrogen-bond donors (Lipinski definition) is 2. The molecular formula is C15H15IN2O2S. The fraction of sp³-hybridized carbons (Fsp3) is 0.267. The SMILES string of the molecule is CCNC(c1csc(I)c1)c1ccc2c(c1)NC(=O)CO2. The summed E-state index contributed by atoms with van der Waals surface area (Å²) >= 11 is 4.07. The number of benzene rings is 1. The molecule has 110 valence electrons. The van der Waals surface area contributed by atoms with Crippen molar-refractivity contribution < 1.29 is 9.53 Å². The van der Waals surface area contributed by atoms with Gasteiger partial charge in [-0.25, -0.2) is 0 Å². The van der Waals surface area contributed by atoms with Gasteiger partial charge in [-0.1, -0.05) is 13.0 Å². The van der Waals surface area contributed by atoms with E-state index in [9.17, 15) is 4.79 Å². The smallest absolute Gasteiger partial charge is 0.262 e. The van der Waals surface area contributed by atoms with Crippen LogP contribution in [0, 0.1) is 2.88 Å². The molecule has 0 saturated heterocycles. The van der Waals surface area contributed by atoms with Crippen molar-refractivity contribution in [1.29, 1.82) is 0 Å². The summed E-state index contributed by atoms with van der Waals surface area (Å²) in [5, 5.41) is 8.53. The number of rotatable bonds is 4. The molecule has 21 heavy (non-hydrogen) atoms. The summed E-state index contributed by atoms with van der Waals surface area (Å²) in [4.78, 5) is 11.5. The standard InChI is InChI=1S/C15H15IN2O2S/c1-2-17-15(10-6-13(16)21-8-10)9-3-4-12-11(5-9)18-14(19)7-20-12/h3-6,8,15,17H,2,7H2,1H3,(H,18,19). The Balaban J connectivity index is 1.96. The van der Waals surface area contributed by atoms with E-state index >= 15 is 0 Å². The molecular weight excluding hydrogens is 399 g/mol. The number of carbonyl (C=O) groups is 1. The third-order valence-electron chi connectivity index (χ3n) is 3.30. The van der Waals surface area contributed by atoms with Gasteiger partial charge in [0, 0.05) is 0 Å². The van der Waals surface area contributed by atoms with Gasteiger partial charge in [0.05, 0.1) is 14.6 Å². The normalized spacial score (nSPS) is 15.0. The molecule has 1 atom stereocenters. The van der Waals surface area contributed by atoms with Crippen molar-refractivity contribution in [3.63, 3.8) is 0 Å². The number of anilines is 1. The largest absolute Gasteiger partial charge is 0.482 e. The Kier molecular flexibility index (Phi) is 4.46. The summed E-state index contributed by atoms with van der Waals surface area (Å²) < 4.78 is 6.67. The lowest BCUT2D eigenvalue weighted by Gasteiger charge is -2.22. The second-order valence-electron chi connectivity index (χ2n) is 4.77. The van der Waals surface area contributed by atoms with Crippen molar-refractivity contribution in [2.75, 3.05) is 18.5 Å². The predicted octanol–water partition coefficient (Wildman–Crippen LogP) is 3.38. The minimum atomic E-state index is -0.107. The maximum absolute atomic E-state index is 11.5. The Morgan fingerprint density at radius 2 is 2.29 bits per heavy atom. The average molecular weight is 414 g/mol. The van der Waals surface area contributed by atoms with Crippen molar-refractivity contribution in [2.45, 2.75) is 13.0 Å². The molecule has 1 amide bonds. The van der Waals surface area contributed by atoms with E-state index in [-0.39, 0.29) is 18.6 Å². The lowest BCUT2D eigenvalue weighted by molar-refractivity contribution is -0.118. The summed E-state index contributed by atoms with van der Waals surface area (Å²) in [7, 11) is 0. The Morgan fingerprint density at radius 3 is 3.00 bits per heavy atom. The fourth-order valence-electron chi connectivity index (χ4n) is 2.39. The Morgan fingerprint density at radius 1 is 1.43 bits per heavy atom. The van der Waals surface area contributed by atoms with Crippen LogP contribution in [0.4, 0.5) is 5.69 Å². The molecule has 2 heterocycles. The highest BCUT2D eigenvalue weighted by Crippen LogP contribution is 2.34. The zero-order valence-electron chi connectivity index (χ0n) is 11.5. The van der Waals surface area contributed by atoms with Crippen LogP contribution in [-0.2, 0) is 4.79 Å². The van der Waals surface area contributed by atoms with E-state index in [0.717, 1.165) is 23.5 Å². The van der Waals surface area contributed by atoms with Crippen LogP contribution in [0.25, 0.3) is 0 Å². The highest BCUT2D eigenvalue weighted by Gasteiger charge is 2.20. The third-order valence-corrected chi connectivity index (χ3v) is 5.11. The molecule has 3 rings (SSSR count). The zero-order chi connectivity index (χ0) is 14.8. The fourth-order valence-corrected chi connectivity index (χ4v) is 3.79. The highest BCUT2D eigenvalue weighted by molar-refractivity contribution is 14.1. The maximum Gasteiger partial charge on any atom is 0.262 e. The molecule has 1 aliphatic rings. The van der Waals surface area contributed by atoms with Gasteiger partial charge in [-0.05, 0) is 63.8 Å². The van der Waals surface area contributed by atoms with Crippen LogP contribution in [0.1, 0.15) is 24.1 Å². The van der Waals surface area contributed by atoms with Gasteiger partial charge in [-0.3, -0.25) is 4.79 Å². The number of hydrogen-bond acceptors (Lipinski definition) is 4. The second kappa shape index (κ2) is 6.33. The van der Waals surface area contributed by atoms with E-state index < -0.39 is 0 Å². The predicted molar refractivity (Wildman–Crippen MR) is 93.1 cm³/mol. The van der Waals surface area contributed by atoms with E-state index in [2.05, 4.69) is 51.6 Å². The molecule has 0 spiro atoms. The number of ether oxygens (including phenoxy) is 1. The van der Waals surface area contributed by atoms with Crippen LogP contribution >= 0.6 is 33.9 Å². The average Bonchev–Trinajstić information content (AvgIpc) is 2.90. The molecule has 4 nitrogen and oxygen atoms in total. The number of amides is 1. The Bertz CT molecular complexity index is 671. The van der Waals surface area contributed by atoms with Gasteiger partial charge >= 0.3 is 0 Å². The highest BCUT2D eigenvalue weighted by atomic mass is 127. The number of fused-ring (bicyclic) bond motifs is 1.